The molecule has 0 spiro atoms. The van der Waals surface area contributed by atoms with E-state index in [1.165, 1.54) is 6.20 Å². The van der Waals surface area contributed by atoms with E-state index in [1.54, 1.807) is 12.3 Å². The van der Waals surface area contributed by atoms with Gasteiger partial charge in [0.2, 0.25) is 0 Å². The number of aromatic nitrogens is 1. The molecule has 2 heterocycles. The first-order valence-corrected chi connectivity index (χ1v) is 6.35. The molecule has 0 atom stereocenters. The van der Waals surface area contributed by atoms with E-state index in [9.17, 15) is 8.42 Å². The summed E-state index contributed by atoms with van der Waals surface area (Å²) in [5.74, 6) is 0.251. The Morgan fingerprint density at radius 3 is 2.64 bits per heavy atom. The van der Waals surface area contributed by atoms with Crippen LogP contribution in [0.1, 0.15) is 11.5 Å². The topological polar surface area (TPSA) is 56.3 Å². The van der Waals surface area contributed by atoms with Gasteiger partial charge in [0.1, 0.15) is 4.90 Å². The number of halogens is 1. The van der Waals surface area contributed by atoms with Crippen LogP contribution in [0.15, 0.2) is 23.4 Å². The van der Waals surface area contributed by atoms with Crippen LogP contribution in [-0.2, 0) is 13.8 Å². The highest BCUT2D eigenvalue weighted by Crippen LogP contribution is 2.25. The van der Waals surface area contributed by atoms with Gasteiger partial charge in [-0.25, -0.2) is 8.42 Å². The molecule has 1 aliphatic heterocycles. The van der Waals surface area contributed by atoms with Gasteiger partial charge in [0.05, 0.1) is 13.2 Å². The van der Waals surface area contributed by atoms with Crippen molar-refractivity contribution >= 4 is 19.7 Å². The van der Waals surface area contributed by atoms with Crippen LogP contribution in [0.3, 0.4) is 0 Å². The van der Waals surface area contributed by atoms with Crippen molar-refractivity contribution in [3.8, 4) is 0 Å². The molecule has 0 N–H and O–H groups in total. The van der Waals surface area contributed by atoms with Gasteiger partial charge in [0.25, 0.3) is 9.05 Å². The number of hydrogen-bond donors (Lipinski definition) is 0. The van der Waals surface area contributed by atoms with Crippen LogP contribution >= 0.6 is 10.7 Å². The Kier molecular flexibility index (Phi) is 2.47. The summed E-state index contributed by atoms with van der Waals surface area (Å²) in [7, 11) is 1.52. The fourth-order valence-electron chi connectivity index (χ4n) is 1.22. The Balaban J connectivity index is 2.36. The third kappa shape index (κ3) is 1.89. The van der Waals surface area contributed by atoms with Gasteiger partial charge in [-0.3, -0.25) is 4.98 Å². The Hall–Kier alpha value is -0.650. The molecule has 0 unspecified atom stereocenters. The second kappa shape index (κ2) is 3.49. The lowest BCUT2D eigenvalue weighted by molar-refractivity contribution is 0.00820. The SMILES string of the molecule is O=S(=O)(Cl)c1cncc(C2COC2)c1. The number of hydrogen-bond acceptors (Lipinski definition) is 4. The normalized spacial score (nSPS) is 17.8. The van der Waals surface area contributed by atoms with Gasteiger partial charge in [0.15, 0.2) is 0 Å². The maximum atomic E-state index is 11.0. The minimum Gasteiger partial charge on any atom is -0.380 e. The zero-order chi connectivity index (χ0) is 10.2. The lowest BCUT2D eigenvalue weighted by atomic mass is 10.00. The molecule has 1 fully saturated rings. The highest BCUT2D eigenvalue weighted by Gasteiger charge is 2.22. The molecule has 0 aromatic carbocycles. The molecule has 0 radical (unpaired) electrons. The molecule has 14 heavy (non-hydrogen) atoms. The molecule has 1 aromatic rings. The Labute approximate surface area is 86.3 Å². The molecule has 1 aliphatic rings. The number of pyridine rings is 1. The number of nitrogens with zero attached hydrogens (tertiary/aromatic N) is 1. The van der Waals surface area contributed by atoms with Crippen molar-refractivity contribution in [3.05, 3.63) is 24.0 Å². The molecule has 0 saturated carbocycles. The Morgan fingerprint density at radius 1 is 1.43 bits per heavy atom. The molecular formula is C8H8ClNO3S. The first-order valence-electron chi connectivity index (χ1n) is 4.05. The van der Waals surface area contributed by atoms with E-state index in [1.807, 2.05) is 0 Å². The van der Waals surface area contributed by atoms with Gasteiger partial charge < -0.3 is 4.74 Å². The zero-order valence-corrected chi connectivity index (χ0v) is 8.75. The molecule has 1 saturated heterocycles. The summed E-state index contributed by atoms with van der Waals surface area (Å²) >= 11 is 0. The third-order valence-corrected chi connectivity index (χ3v) is 3.45. The van der Waals surface area contributed by atoms with Crippen molar-refractivity contribution in [1.82, 2.24) is 4.98 Å². The molecule has 0 bridgehead atoms. The van der Waals surface area contributed by atoms with Crippen LogP contribution in [0.25, 0.3) is 0 Å². The molecule has 76 valence electrons. The number of rotatable bonds is 2. The molecule has 2 rings (SSSR count). The van der Waals surface area contributed by atoms with Crippen molar-refractivity contribution < 1.29 is 13.2 Å². The molecule has 6 heteroatoms. The number of ether oxygens (including phenoxy) is 1. The minimum atomic E-state index is -3.67. The maximum Gasteiger partial charge on any atom is 0.262 e. The zero-order valence-electron chi connectivity index (χ0n) is 7.18. The van der Waals surface area contributed by atoms with E-state index in [0.717, 1.165) is 5.56 Å². The van der Waals surface area contributed by atoms with Crippen molar-refractivity contribution in [2.75, 3.05) is 13.2 Å². The van der Waals surface area contributed by atoms with E-state index in [4.69, 9.17) is 15.4 Å². The van der Waals surface area contributed by atoms with Crippen LogP contribution in [0.5, 0.6) is 0 Å². The van der Waals surface area contributed by atoms with Crippen LogP contribution in [0.2, 0.25) is 0 Å². The predicted molar refractivity (Wildman–Crippen MR) is 50.8 cm³/mol. The van der Waals surface area contributed by atoms with E-state index < -0.39 is 9.05 Å². The Bertz CT molecular complexity index is 442. The van der Waals surface area contributed by atoms with Crippen LogP contribution in [0, 0.1) is 0 Å². The largest absolute Gasteiger partial charge is 0.380 e. The molecule has 4 nitrogen and oxygen atoms in total. The third-order valence-electron chi connectivity index (χ3n) is 2.13. The van der Waals surface area contributed by atoms with Gasteiger partial charge in [-0.05, 0) is 11.6 Å². The second-order valence-corrected chi connectivity index (χ2v) is 5.69. The van der Waals surface area contributed by atoms with E-state index in [0.29, 0.717) is 13.2 Å². The lowest BCUT2D eigenvalue weighted by Crippen LogP contribution is -2.25. The van der Waals surface area contributed by atoms with E-state index in [-0.39, 0.29) is 10.8 Å². The van der Waals surface area contributed by atoms with Gasteiger partial charge in [-0.1, -0.05) is 0 Å². The standard InChI is InChI=1S/C8H8ClNO3S/c9-14(11,12)8-1-6(2-10-3-8)7-4-13-5-7/h1-3,7H,4-5H2. The van der Waals surface area contributed by atoms with Gasteiger partial charge in [0, 0.05) is 29.0 Å². The fraction of sp³-hybridized carbons (Fsp3) is 0.375. The first kappa shape index (κ1) is 9.89. The predicted octanol–water partition coefficient (Wildman–Crippen LogP) is 1.12. The lowest BCUT2D eigenvalue weighted by Gasteiger charge is -2.25. The van der Waals surface area contributed by atoms with Crippen molar-refractivity contribution in [3.63, 3.8) is 0 Å². The molecular weight excluding hydrogens is 226 g/mol. The Morgan fingerprint density at radius 2 is 2.14 bits per heavy atom. The van der Waals surface area contributed by atoms with Gasteiger partial charge in [-0.2, -0.15) is 0 Å². The fourth-order valence-corrected chi connectivity index (χ4v) is 1.94. The molecule has 0 aliphatic carbocycles. The molecule has 1 aromatic heterocycles. The summed E-state index contributed by atoms with van der Waals surface area (Å²) < 4.78 is 27.0. The summed E-state index contributed by atoms with van der Waals surface area (Å²) in [6.07, 6.45) is 2.88. The van der Waals surface area contributed by atoms with E-state index in [2.05, 4.69) is 4.98 Å². The smallest absolute Gasteiger partial charge is 0.262 e. The summed E-state index contributed by atoms with van der Waals surface area (Å²) in [4.78, 5) is 3.88. The second-order valence-electron chi connectivity index (χ2n) is 3.13. The summed E-state index contributed by atoms with van der Waals surface area (Å²) in [5, 5.41) is 0. The highest BCUT2D eigenvalue weighted by atomic mass is 35.7. The summed E-state index contributed by atoms with van der Waals surface area (Å²) in [6, 6.07) is 1.54. The van der Waals surface area contributed by atoms with Crippen LogP contribution in [-0.4, -0.2) is 26.6 Å². The average molecular weight is 234 g/mol. The summed E-state index contributed by atoms with van der Waals surface area (Å²) in [5.41, 5.74) is 0.859. The highest BCUT2D eigenvalue weighted by molar-refractivity contribution is 8.13. The van der Waals surface area contributed by atoms with E-state index >= 15 is 0 Å². The average Bonchev–Trinajstić information content (AvgIpc) is 2.00. The quantitative estimate of drug-likeness (QED) is 0.719. The minimum absolute atomic E-state index is 0.0450. The van der Waals surface area contributed by atoms with Gasteiger partial charge >= 0.3 is 0 Å². The van der Waals surface area contributed by atoms with Gasteiger partial charge in [-0.15, -0.1) is 0 Å². The maximum absolute atomic E-state index is 11.0. The van der Waals surface area contributed by atoms with Crippen LogP contribution in [0.4, 0.5) is 0 Å². The van der Waals surface area contributed by atoms with Crippen LogP contribution < -0.4 is 0 Å². The summed E-state index contributed by atoms with van der Waals surface area (Å²) in [6.45, 7) is 1.24. The van der Waals surface area contributed by atoms with Crippen molar-refractivity contribution in [2.24, 2.45) is 0 Å². The van der Waals surface area contributed by atoms with Crippen molar-refractivity contribution in [1.29, 1.82) is 0 Å². The van der Waals surface area contributed by atoms with Crippen molar-refractivity contribution in [2.45, 2.75) is 10.8 Å². The first-order chi connectivity index (χ1) is 6.57. The molecule has 0 amide bonds. The monoisotopic (exact) mass is 233 g/mol.